The maximum Gasteiger partial charge on any atom is 0.0702 e. The molecule has 0 amide bonds. The fraction of sp³-hybridized carbons (Fsp3) is 0.500. The third kappa shape index (κ3) is 2.31. The molecule has 0 aliphatic carbocycles. The smallest absolute Gasteiger partial charge is 0.0702 e. The number of halogens is 1. The Bertz CT molecular complexity index is 366. The predicted octanol–water partition coefficient (Wildman–Crippen LogP) is 2.77. The molecule has 0 aromatic heterocycles. The highest BCUT2D eigenvalue weighted by Gasteiger charge is 2.23. The monoisotopic (exact) mass is 257 g/mol. The van der Waals surface area contributed by atoms with Crippen LogP contribution in [0.4, 0.5) is 5.69 Å². The van der Waals surface area contributed by atoms with Crippen molar-refractivity contribution in [2.75, 3.05) is 23.5 Å². The van der Waals surface area contributed by atoms with Gasteiger partial charge in [0.2, 0.25) is 0 Å². The maximum absolute atomic E-state index is 9.34. The third-order valence-electron chi connectivity index (χ3n) is 3.05. The van der Waals surface area contributed by atoms with Gasteiger partial charge in [0.05, 0.1) is 17.3 Å². The van der Waals surface area contributed by atoms with Crippen LogP contribution in [0.3, 0.4) is 0 Å². The van der Waals surface area contributed by atoms with E-state index in [1.165, 1.54) is 12.2 Å². The lowest BCUT2D eigenvalue weighted by Gasteiger charge is -2.28. The van der Waals surface area contributed by atoms with Crippen LogP contribution in [0.15, 0.2) is 18.2 Å². The number of thioether (sulfide) groups is 1. The Labute approximate surface area is 106 Å². The first-order chi connectivity index (χ1) is 7.74. The second-order valence-corrected chi connectivity index (χ2v) is 5.59. The van der Waals surface area contributed by atoms with Crippen LogP contribution in [0.25, 0.3) is 0 Å². The Hall–Kier alpha value is -0.380. The number of anilines is 1. The summed E-state index contributed by atoms with van der Waals surface area (Å²) in [5.41, 5.74) is 1.89. The van der Waals surface area contributed by atoms with Gasteiger partial charge in [-0.1, -0.05) is 23.7 Å². The lowest BCUT2D eigenvalue weighted by molar-refractivity contribution is 0.282. The van der Waals surface area contributed by atoms with Crippen molar-refractivity contribution in [1.29, 1.82) is 0 Å². The largest absolute Gasteiger partial charge is 0.392 e. The Kier molecular flexibility index (Phi) is 4.00. The highest BCUT2D eigenvalue weighted by atomic mass is 35.5. The fourth-order valence-corrected chi connectivity index (χ4v) is 3.69. The van der Waals surface area contributed by atoms with Crippen molar-refractivity contribution in [3.63, 3.8) is 0 Å². The van der Waals surface area contributed by atoms with Gasteiger partial charge in [-0.3, -0.25) is 0 Å². The Morgan fingerprint density at radius 3 is 3.00 bits per heavy atom. The summed E-state index contributed by atoms with van der Waals surface area (Å²) in [7, 11) is 2.07. The highest BCUT2D eigenvalue weighted by molar-refractivity contribution is 7.99. The molecule has 1 aliphatic heterocycles. The molecule has 1 heterocycles. The number of para-hydroxylation sites is 1. The molecule has 1 aromatic rings. The molecule has 2 rings (SSSR count). The van der Waals surface area contributed by atoms with Gasteiger partial charge in [0.15, 0.2) is 0 Å². The molecule has 4 heteroatoms. The highest BCUT2D eigenvalue weighted by Crippen LogP contribution is 2.33. The zero-order chi connectivity index (χ0) is 11.5. The molecular formula is C12H16ClNOS. The molecule has 1 N–H and O–H groups in total. The number of nitrogens with zero attached hydrogens (tertiary/aromatic N) is 1. The van der Waals surface area contributed by atoms with Crippen molar-refractivity contribution in [3.05, 3.63) is 28.8 Å². The van der Waals surface area contributed by atoms with E-state index in [9.17, 15) is 5.11 Å². The van der Waals surface area contributed by atoms with Crippen LogP contribution >= 0.6 is 23.4 Å². The van der Waals surface area contributed by atoms with Crippen molar-refractivity contribution in [3.8, 4) is 0 Å². The summed E-state index contributed by atoms with van der Waals surface area (Å²) in [6.07, 6.45) is 1.19. The lowest BCUT2D eigenvalue weighted by Crippen LogP contribution is -2.32. The topological polar surface area (TPSA) is 23.5 Å². The molecule has 0 saturated carbocycles. The lowest BCUT2D eigenvalue weighted by atomic mass is 10.1. The number of aliphatic hydroxyl groups is 1. The zero-order valence-corrected chi connectivity index (χ0v) is 10.9. The van der Waals surface area contributed by atoms with Gasteiger partial charge in [-0.15, -0.1) is 0 Å². The fourth-order valence-electron chi connectivity index (χ4n) is 2.09. The van der Waals surface area contributed by atoms with E-state index < -0.39 is 0 Å². The summed E-state index contributed by atoms with van der Waals surface area (Å²) in [6, 6.07) is 6.23. The number of benzene rings is 1. The Morgan fingerprint density at radius 1 is 1.56 bits per heavy atom. The molecule has 1 fully saturated rings. The van der Waals surface area contributed by atoms with Gasteiger partial charge in [0.1, 0.15) is 0 Å². The minimum atomic E-state index is 0.0418. The summed E-state index contributed by atoms with van der Waals surface area (Å²) in [4.78, 5) is 2.22. The molecule has 1 unspecified atom stereocenters. The van der Waals surface area contributed by atoms with E-state index in [2.05, 4.69) is 11.9 Å². The molecule has 1 atom stereocenters. The van der Waals surface area contributed by atoms with Gasteiger partial charge in [0.25, 0.3) is 0 Å². The van der Waals surface area contributed by atoms with Gasteiger partial charge >= 0.3 is 0 Å². The Balaban J connectivity index is 2.30. The first-order valence-corrected chi connectivity index (χ1v) is 6.96. The van der Waals surface area contributed by atoms with Gasteiger partial charge in [-0.25, -0.2) is 0 Å². The molecule has 0 radical (unpaired) electrons. The van der Waals surface area contributed by atoms with E-state index in [0.717, 1.165) is 22.0 Å². The van der Waals surface area contributed by atoms with Crippen molar-refractivity contribution < 1.29 is 5.11 Å². The first-order valence-electron chi connectivity index (χ1n) is 5.43. The summed E-state index contributed by atoms with van der Waals surface area (Å²) in [5.74, 6) is 2.36. The van der Waals surface area contributed by atoms with Crippen molar-refractivity contribution in [2.45, 2.75) is 19.1 Å². The molecule has 1 aromatic carbocycles. The molecule has 1 aliphatic rings. The van der Waals surface area contributed by atoms with Crippen molar-refractivity contribution >= 4 is 29.1 Å². The molecule has 0 spiro atoms. The van der Waals surface area contributed by atoms with Crippen LogP contribution in [-0.2, 0) is 6.61 Å². The predicted molar refractivity (Wildman–Crippen MR) is 71.5 cm³/mol. The quantitative estimate of drug-likeness (QED) is 0.901. The van der Waals surface area contributed by atoms with Crippen LogP contribution in [0, 0.1) is 0 Å². The van der Waals surface area contributed by atoms with E-state index in [0.29, 0.717) is 6.04 Å². The van der Waals surface area contributed by atoms with E-state index in [1.54, 1.807) is 0 Å². The van der Waals surface area contributed by atoms with Gasteiger partial charge < -0.3 is 10.0 Å². The van der Waals surface area contributed by atoms with Crippen molar-refractivity contribution in [1.82, 2.24) is 0 Å². The summed E-state index contributed by atoms with van der Waals surface area (Å²) in [6.45, 7) is 0.0418. The van der Waals surface area contributed by atoms with Crippen LogP contribution in [0.5, 0.6) is 0 Å². The van der Waals surface area contributed by atoms with Crippen molar-refractivity contribution in [2.24, 2.45) is 0 Å². The Morgan fingerprint density at radius 2 is 2.38 bits per heavy atom. The maximum atomic E-state index is 9.34. The average Bonchev–Trinajstić information content (AvgIpc) is 2.81. The van der Waals surface area contributed by atoms with Crippen LogP contribution in [-0.4, -0.2) is 29.7 Å². The zero-order valence-electron chi connectivity index (χ0n) is 9.32. The SMILES string of the molecule is CN(c1c(Cl)cccc1CO)C1CCSC1. The van der Waals surface area contributed by atoms with Gasteiger partial charge in [0, 0.05) is 24.4 Å². The number of aliphatic hydroxyl groups excluding tert-OH is 1. The minimum absolute atomic E-state index is 0.0418. The first kappa shape index (κ1) is 12.1. The number of hydrogen-bond donors (Lipinski definition) is 1. The van der Waals surface area contributed by atoms with Crippen LogP contribution in [0.2, 0.25) is 5.02 Å². The molecule has 16 heavy (non-hydrogen) atoms. The standard InChI is InChI=1S/C12H16ClNOS/c1-14(10-5-6-16-8-10)12-9(7-15)3-2-4-11(12)13/h2-4,10,15H,5-8H2,1H3. The second kappa shape index (κ2) is 5.30. The molecule has 0 bridgehead atoms. The van der Waals surface area contributed by atoms with Gasteiger partial charge in [-0.05, 0) is 18.2 Å². The van der Waals surface area contributed by atoms with E-state index >= 15 is 0 Å². The average molecular weight is 258 g/mol. The molecular weight excluding hydrogens is 242 g/mol. The second-order valence-electron chi connectivity index (χ2n) is 4.03. The van der Waals surface area contributed by atoms with Crippen LogP contribution in [0.1, 0.15) is 12.0 Å². The summed E-state index contributed by atoms with van der Waals surface area (Å²) >= 11 is 8.20. The summed E-state index contributed by atoms with van der Waals surface area (Å²) < 4.78 is 0. The van der Waals surface area contributed by atoms with Gasteiger partial charge in [-0.2, -0.15) is 11.8 Å². The molecule has 2 nitrogen and oxygen atoms in total. The normalized spacial score (nSPS) is 20.1. The molecule has 1 saturated heterocycles. The van der Waals surface area contributed by atoms with E-state index in [-0.39, 0.29) is 6.61 Å². The third-order valence-corrected chi connectivity index (χ3v) is 4.50. The summed E-state index contributed by atoms with van der Waals surface area (Å²) in [5, 5.41) is 10.1. The van der Waals surface area contributed by atoms with Crippen LogP contribution < -0.4 is 4.90 Å². The number of hydrogen-bond acceptors (Lipinski definition) is 3. The van der Waals surface area contributed by atoms with E-state index in [4.69, 9.17) is 11.6 Å². The number of rotatable bonds is 3. The molecule has 88 valence electrons. The van der Waals surface area contributed by atoms with E-state index in [1.807, 2.05) is 30.0 Å². The minimum Gasteiger partial charge on any atom is -0.392 e.